The maximum atomic E-state index is 12.5. The van der Waals surface area contributed by atoms with Crippen LogP contribution in [0.25, 0.3) is 0 Å². The van der Waals surface area contributed by atoms with Gasteiger partial charge in [-0.15, -0.1) is 0 Å². The molecule has 108 valence electrons. The van der Waals surface area contributed by atoms with E-state index in [2.05, 4.69) is 10.2 Å². The van der Waals surface area contributed by atoms with E-state index >= 15 is 0 Å². The zero-order chi connectivity index (χ0) is 13.1. The lowest BCUT2D eigenvalue weighted by Crippen LogP contribution is -2.49. The highest BCUT2D eigenvalue weighted by Gasteiger charge is 2.38. The van der Waals surface area contributed by atoms with E-state index in [1.165, 1.54) is 25.7 Å². The molecule has 19 heavy (non-hydrogen) atoms. The van der Waals surface area contributed by atoms with Gasteiger partial charge in [0.1, 0.15) is 0 Å². The summed E-state index contributed by atoms with van der Waals surface area (Å²) < 4.78 is 5.45. The minimum atomic E-state index is 0.135. The molecule has 4 heteroatoms. The highest BCUT2D eigenvalue weighted by atomic mass is 16.5. The van der Waals surface area contributed by atoms with Crippen LogP contribution in [0.4, 0.5) is 0 Å². The molecule has 0 radical (unpaired) electrons. The van der Waals surface area contributed by atoms with Crippen molar-refractivity contribution >= 4 is 5.91 Å². The van der Waals surface area contributed by atoms with E-state index in [0.717, 1.165) is 45.6 Å². The second kappa shape index (κ2) is 5.80. The Morgan fingerprint density at radius 3 is 2.53 bits per heavy atom. The van der Waals surface area contributed by atoms with Crippen molar-refractivity contribution < 1.29 is 9.53 Å². The molecule has 3 rings (SSSR count). The number of likely N-dealkylation sites (tertiary alicyclic amines) is 1. The van der Waals surface area contributed by atoms with Gasteiger partial charge in [0.25, 0.3) is 0 Å². The lowest BCUT2D eigenvalue weighted by atomic mass is 9.71. The fraction of sp³-hybridized carbons (Fsp3) is 0.933. The molecule has 0 aromatic carbocycles. The molecule has 1 amide bonds. The van der Waals surface area contributed by atoms with Gasteiger partial charge < -0.3 is 15.0 Å². The fourth-order valence-electron chi connectivity index (χ4n) is 3.85. The molecule has 3 aliphatic heterocycles. The zero-order valence-corrected chi connectivity index (χ0v) is 11.8. The van der Waals surface area contributed by atoms with Gasteiger partial charge in [-0.2, -0.15) is 0 Å². The van der Waals surface area contributed by atoms with Crippen molar-refractivity contribution in [3.8, 4) is 0 Å². The molecule has 1 unspecified atom stereocenters. The van der Waals surface area contributed by atoms with Crippen LogP contribution in [-0.2, 0) is 9.53 Å². The Bertz CT molecular complexity index is 310. The maximum Gasteiger partial charge on any atom is 0.228 e. The lowest BCUT2D eigenvalue weighted by molar-refractivity contribution is -0.142. The largest absolute Gasteiger partial charge is 0.381 e. The first kappa shape index (κ1) is 13.4. The number of nitrogens with one attached hydrogen (secondary N) is 1. The van der Waals surface area contributed by atoms with E-state index in [1.807, 2.05) is 0 Å². The number of carbonyl (C=O) groups excluding carboxylic acids is 1. The van der Waals surface area contributed by atoms with Gasteiger partial charge >= 0.3 is 0 Å². The average molecular weight is 266 g/mol. The monoisotopic (exact) mass is 266 g/mol. The Balaban J connectivity index is 1.52. The Hall–Kier alpha value is -0.610. The Morgan fingerprint density at radius 1 is 1.16 bits per heavy atom. The van der Waals surface area contributed by atoms with Crippen LogP contribution < -0.4 is 5.32 Å². The fourth-order valence-corrected chi connectivity index (χ4v) is 3.85. The van der Waals surface area contributed by atoms with Crippen molar-refractivity contribution in [2.24, 2.45) is 11.3 Å². The molecule has 3 fully saturated rings. The van der Waals surface area contributed by atoms with Crippen LogP contribution in [0.15, 0.2) is 0 Å². The van der Waals surface area contributed by atoms with Crippen LogP contribution >= 0.6 is 0 Å². The molecule has 3 heterocycles. The first-order chi connectivity index (χ1) is 9.29. The molecule has 0 aliphatic carbocycles. The van der Waals surface area contributed by atoms with Gasteiger partial charge in [-0.1, -0.05) is 0 Å². The summed E-state index contributed by atoms with van der Waals surface area (Å²) in [5, 5.41) is 3.44. The number of amides is 1. The smallest absolute Gasteiger partial charge is 0.228 e. The highest BCUT2D eigenvalue weighted by molar-refractivity contribution is 5.79. The van der Waals surface area contributed by atoms with Gasteiger partial charge in [0.15, 0.2) is 0 Å². The van der Waals surface area contributed by atoms with Crippen molar-refractivity contribution in [1.82, 2.24) is 10.2 Å². The van der Waals surface area contributed by atoms with E-state index < -0.39 is 0 Å². The number of nitrogens with zero attached hydrogens (tertiary/aromatic N) is 1. The summed E-state index contributed by atoms with van der Waals surface area (Å²) >= 11 is 0. The molecule has 1 atom stereocenters. The van der Waals surface area contributed by atoms with Gasteiger partial charge in [0, 0.05) is 19.7 Å². The van der Waals surface area contributed by atoms with Gasteiger partial charge in [-0.25, -0.2) is 0 Å². The third-order valence-electron chi connectivity index (χ3n) is 5.31. The van der Waals surface area contributed by atoms with Gasteiger partial charge in [-0.3, -0.25) is 4.79 Å². The molecule has 3 saturated heterocycles. The molecule has 4 nitrogen and oxygen atoms in total. The van der Waals surface area contributed by atoms with E-state index in [1.54, 1.807) is 0 Å². The quantitative estimate of drug-likeness (QED) is 0.780. The first-order valence-electron chi connectivity index (χ1n) is 7.86. The maximum absolute atomic E-state index is 12.5. The number of piperidine rings is 2. The molecule has 0 aromatic rings. The first-order valence-corrected chi connectivity index (χ1v) is 7.86. The number of hydrogen-bond acceptors (Lipinski definition) is 3. The van der Waals surface area contributed by atoms with Crippen LogP contribution in [0.3, 0.4) is 0 Å². The molecular weight excluding hydrogens is 240 g/mol. The summed E-state index contributed by atoms with van der Waals surface area (Å²) in [4.78, 5) is 14.6. The SMILES string of the molecule is O=C(C1CCCOC1)N1CCC2(CCNCC2)CC1. The molecule has 1 N–H and O–H groups in total. The number of rotatable bonds is 1. The Labute approximate surface area is 115 Å². The summed E-state index contributed by atoms with van der Waals surface area (Å²) in [5.74, 6) is 0.485. The van der Waals surface area contributed by atoms with Crippen LogP contribution in [0.1, 0.15) is 38.5 Å². The number of hydrogen-bond donors (Lipinski definition) is 1. The van der Waals surface area contributed by atoms with E-state index in [9.17, 15) is 4.79 Å². The summed E-state index contributed by atoms with van der Waals surface area (Å²) in [6.45, 7) is 5.73. The third-order valence-corrected chi connectivity index (χ3v) is 5.31. The van der Waals surface area contributed by atoms with Crippen LogP contribution in [0.5, 0.6) is 0 Å². The van der Waals surface area contributed by atoms with Crippen molar-refractivity contribution in [3.05, 3.63) is 0 Å². The third kappa shape index (κ3) is 2.95. The number of carbonyl (C=O) groups is 1. The zero-order valence-electron chi connectivity index (χ0n) is 11.8. The summed E-state index contributed by atoms with van der Waals surface area (Å²) in [7, 11) is 0. The summed E-state index contributed by atoms with van der Waals surface area (Å²) in [6.07, 6.45) is 7.05. The summed E-state index contributed by atoms with van der Waals surface area (Å²) in [6, 6.07) is 0. The molecule has 0 bridgehead atoms. The molecule has 1 spiro atoms. The van der Waals surface area contributed by atoms with Crippen LogP contribution in [0.2, 0.25) is 0 Å². The van der Waals surface area contributed by atoms with Crippen LogP contribution in [0, 0.1) is 11.3 Å². The predicted octanol–water partition coefficient (Wildman–Crippen LogP) is 1.41. The van der Waals surface area contributed by atoms with Gasteiger partial charge in [0.05, 0.1) is 12.5 Å². The average Bonchev–Trinajstić information content (AvgIpc) is 2.49. The number of ether oxygens (including phenoxy) is 1. The normalized spacial score (nSPS) is 31.4. The standard InChI is InChI=1S/C15H26N2O2/c18-14(13-2-1-11-19-12-13)17-9-5-15(6-10-17)3-7-16-8-4-15/h13,16H,1-12H2. The summed E-state index contributed by atoms with van der Waals surface area (Å²) in [5.41, 5.74) is 0.533. The Kier molecular flexibility index (Phi) is 4.08. The topological polar surface area (TPSA) is 41.6 Å². The second-order valence-corrected chi connectivity index (χ2v) is 6.49. The minimum Gasteiger partial charge on any atom is -0.381 e. The van der Waals surface area contributed by atoms with Crippen LogP contribution in [-0.4, -0.2) is 50.2 Å². The minimum absolute atomic E-state index is 0.135. The van der Waals surface area contributed by atoms with Crippen molar-refractivity contribution in [3.63, 3.8) is 0 Å². The second-order valence-electron chi connectivity index (χ2n) is 6.49. The molecular formula is C15H26N2O2. The van der Waals surface area contributed by atoms with Gasteiger partial charge in [0.2, 0.25) is 5.91 Å². The van der Waals surface area contributed by atoms with Crippen molar-refractivity contribution in [1.29, 1.82) is 0 Å². The highest BCUT2D eigenvalue weighted by Crippen LogP contribution is 2.39. The Morgan fingerprint density at radius 2 is 1.89 bits per heavy atom. The van der Waals surface area contributed by atoms with Crippen molar-refractivity contribution in [2.75, 3.05) is 39.4 Å². The van der Waals surface area contributed by atoms with E-state index in [0.29, 0.717) is 17.9 Å². The van der Waals surface area contributed by atoms with Gasteiger partial charge in [-0.05, 0) is 57.0 Å². The predicted molar refractivity (Wildman–Crippen MR) is 73.9 cm³/mol. The van der Waals surface area contributed by atoms with E-state index in [4.69, 9.17) is 4.74 Å². The van der Waals surface area contributed by atoms with Crippen molar-refractivity contribution in [2.45, 2.75) is 38.5 Å². The lowest BCUT2D eigenvalue weighted by Gasteiger charge is -2.45. The molecule has 3 aliphatic rings. The van der Waals surface area contributed by atoms with E-state index in [-0.39, 0.29) is 5.92 Å². The molecule has 0 saturated carbocycles. The molecule has 0 aromatic heterocycles.